The topological polar surface area (TPSA) is 20.2 Å². The molecular formula is C10H11BrO. The molecular weight excluding hydrogens is 216 g/mol. The SMILES string of the molecule is C=C(CBr)c1ccc(C)c(O)c1. The first-order valence-electron chi connectivity index (χ1n) is 3.69. The van der Waals surface area contributed by atoms with Crippen LogP contribution in [0.5, 0.6) is 5.75 Å². The standard InChI is InChI=1S/C10H11BrO/c1-7-3-4-9(5-10(7)12)8(2)6-11/h3-5,12H,2,6H2,1H3. The highest BCUT2D eigenvalue weighted by atomic mass is 79.9. The summed E-state index contributed by atoms with van der Waals surface area (Å²) in [6.07, 6.45) is 0. The number of aryl methyl sites for hydroxylation is 1. The normalized spacial score (nSPS) is 9.83. The Kier molecular flexibility index (Phi) is 2.93. The van der Waals surface area contributed by atoms with Crippen LogP contribution < -0.4 is 0 Å². The molecule has 0 amide bonds. The van der Waals surface area contributed by atoms with Crippen LogP contribution in [-0.4, -0.2) is 10.4 Å². The van der Waals surface area contributed by atoms with Gasteiger partial charge in [0.2, 0.25) is 0 Å². The summed E-state index contributed by atoms with van der Waals surface area (Å²) in [5.41, 5.74) is 2.85. The van der Waals surface area contributed by atoms with Crippen molar-refractivity contribution in [2.45, 2.75) is 6.92 Å². The minimum atomic E-state index is 0.328. The van der Waals surface area contributed by atoms with Gasteiger partial charge in [0.15, 0.2) is 0 Å². The molecule has 0 bridgehead atoms. The van der Waals surface area contributed by atoms with Crippen molar-refractivity contribution in [2.75, 3.05) is 5.33 Å². The van der Waals surface area contributed by atoms with Crippen molar-refractivity contribution < 1.29 is 5.11 Å². The lowest BCUT2D eigenvalue weighted by molar-refractivity contribution is 0.471. The van der Waals surface area contributed by atoms with E-state index in [-0.39, 0.29) is 0 Å². The second-order valence-corrected chi connectivity index (χ2v) is 3.30. The quantitative estimate of drug-likeness (QED) is 0.769. The monoisotopic (exact) mass is 226 g/mol. The highest BCUT2D eigenvalue weighted by Gasteiger charge is 2.00. The number of allylic oxidation sites excluding steroid dienone is 1. The van der Waals surface area contributed by atoms with Gasteiger partial charge in [-0.05, 0) is 29.7 Å². The fourth-order valence-electron chi connectivity index (χ4n) is 0.906. The second-order valence-electron chi connectivity index (χ2n) is 2.74. The van der Waals surface area contributed by atoms with E-state index in [4.69, 9.17) is 0 Å². The van der Waals surface area contributed by atoms with Gasteiger partial charge < -0.3 is 5.11 Å². The van der Waals surface area contributed by atoms with Crippen LogP contribution in [0.2, 0.25) is 0 Å². The Morgan fingerprint density at radius 3 is 2.75 bits per heavy atom. The molecule has 0 aliphatic rings. The average molecular weight is 227 g/mol. The van der Waals surface area contributed by atoms with E-state index >= 15 is 0 Å². The average Bonchev–Trinajstić information content (AvgIpc) is 2.08. The molecule has 1 N–H and O–H groups in total. The van der Waals surface area contributed by atoms with E-state index in [0.717, 1.165) is 22.0 Å². The summed E-state index contributed by atoms with van der Waals surface area (Å²) in [7, 11) is 0. The smallest absolute Gasteiger partial charge is 0.119 e. The molecule has 0 radical (unpaired) electrons. The molecule has 1 nitrogen and oxygen atoms in total. The van der Waals surface area contributed by atoms with Crippen LogP contribution in [0.1, 0.15) is 11.1 Å². The lowest BCUT2D eigenvalue weighted by Crippen LogP contribution is -1.84. The number of alkyl halides is 1. The fourth-order valence-corrected chi connectivity index (χ4v) is 1.23. The zero-order chi connectivity index (χ0) is 9.14. The third-order valence-electron chi connectivity index (χ3n) is 1.78. The van der Waals surface area contributed by atoms with Crippen LogP contribution >= 0.6 is 15.9 Å². The maximum Gasteiger partial charge on any atom is 0.119 e. The van der Waals surface area contributed by atoms with E-state index in [0.29, 0.717) is 5.75 Å². The molecule has 1 aromatic carbocycles. The van der Waals surface area contributed by atoms with Crippen LogP contribution in [0.25, 0.3) is 5.57 Å². The molecule has 64 valence electrons. The van der Waals surface area contributed by atoms with Gasteiger partial charge in [-0.1, -0.05) is 34.6 Å². The summed E-state index contributed by atoms with van der Waals surface area (Å²) in [5, 5.41) is 10.1. The van der Waals surface area contributed by atoms with Gasteiger partial charge in [0.05, 0.1) is 0 Å². The maximum atomic E-state index is 9.39. The van der Waals surface area contributed by atoms with Crippen molar-refractivity contribution in [3.8, 4) is 5.75 Å². The van der Waals surface area contributed by atoms with Crippen LogP contribution in [0.4, 0.5) is 0 Å². The molecule has 0 heterocycles. The molecule has 12 heavy (non-hydrogen) atoms. The molecule has 0 aliphatic heterocycles. The molecule has 0 fully saturated rings. The van der Waals surface area contributed by atoms with Gasteiger partial charge >= 0.3 is 0 Å². The van der Waals surface area contributed by atoms with Gasteiger partial charge in [0, 0.05) is 5.33 Å². The van der Waals surface area contributed by atoms with E-state index in [2.05, 4.69) is 22.5 Å². The Morgan fingerprint density at radius 2 is 2.25 bits per heavy atom. The van der Waals surface area contributed by atoms with E-state index in [1.165, 1.54) is 0 Å². The Morgan fingerprint density at radius 1 is 1.58 bits per heavy atom. The van der Waals surface area contributed by atoms with Crippen molar-refractivity contribution in [2.24, 2.45) is 0 Å². The van der Waals surface area contributed by atoms with Gasteiger partial charge in [-0.25, -0.2) is 0 Å². The number of hydrogen-bond acceptors (Lipinski definition) is 1. The molecule has 0 unspecified atom stereocenters. The van der Waals surface area contributed by atoms with Crippen LogP contribution in [0, 0.1) is 6.92 Å². The first-order chi connectivity index (χ1) is 5.65. The largest absolute Gasteiger partial charge is 0.508 e. The number of hydrogen-bond donors (Lipinski definition) is 1. The zero-order valence-electron chi connectivity index (χ0n) is 6.97. The molecule has 1 rings (SSSR count). The number of halogens is 1. The number of rotatable bonds is 2. The lowest BCUT2D eigenvalue weighted by atomic mass is 10.1. The Hall–Kier alpha value is -0.760. The third-order valence-corrected chi connectivity index (χ3v) is 2.46. The minimum absolute atomic E-state index is 0.328. The van der Waals surface area contributed by atoms with Crippen molar-refractivity contribution in [3.05, 3.63) is 35.9 Å². The fraction of sp³-hybridized carbons (Fsp3) is 0.200. The van der Waals surface area contributed by atoms with Crippen molar-refractivity contribution in [1.29, 1.82) is 0 Å². The number of aromatic hydroxyl groups is 1. The number of benzene rings is 1. The summed E-state index contributed by atoms with van der Waals surface area (Å²) >= 11 is 3.31. The molecule has 0 aromatic heterocycles. The van der Waals surface area contributed by atoms with Gasteiger partial charge in [-0.2, -0.15) is 0 Å². The summed E-state index contributed by atoms with van der Waals surface area (Å²) in [4.78, 5) is 0. The van der Waals surface area contributed by atoms with Crippen molar-refractivity contribution >= 4 is 21.5 Å². The summed E-state index contributed by atoms with van der Waals surface area (Å²) in [6.45, 7) is 5.73. The molecule has 0 spiro atoms. The van der Waals surface area contributed by atoms with Gasteiger partial charge in [-0.15, -0.1) is 0 Å². The van der Waals surface area contributed by atoms with Crippen LogP contribution in [-0.2, 0) is 0 Å². The summed E-state index contributed by atoms with van der Waals surface area (Å²) in [6, 6.07) is 5.58. The predicted molar refractivity (Wildman–Crippen MR) is 55.7 cm³/mol. The molecule has 0 saturated carbocycles. The highest BCUT2D eigenvalue weighted by molar-refractivity contribution is 9.09. The second kappa shape index (κ2) is 3.76. The van der Waals surface area contributed by atoms with E-state index in [9.17, 15) is 5.11 Å². The Balaban J connectivity index is 3.05. The van der Waals surface area contributed by atoms with E-state index < -0.39 is 0 Å². The van der Waals surface area contributed by atoms with E-state index in [1.54, 1.807) is 6.07 Å². The number of phenolic OH excluding ortho intramolecular Hbond substituents is 1. The van der Waals surface area contributed by atoms with Crippen molar-refractivity contribution in [3.63, 3.8) is 0 Å². The molecule has 0 saturated heterocycles. The first-order valence-corrected chi connectivity index (χ1v) is 4.81. The summed E-state index contributed by atoms with van der Waals surface area (Å²) in [5.74, 6) is 0.328. The summed E-state index contributed by atoms with van der Waals surface area (Å²) < 4.78 is 0. The minimum Gasteiger partial charge on any atom is -0.508 e. The third kappa shape index (κ3) is 1.89. The molecule has 1 aromatic rings. The molecule has 2 heteroatoms. The number of phenols is 1. The zero-order valence-corrected chi connectivity index (χ0v) is 8.56. The van der Waals surface area contributed by atoms with E-state index in [1.807, 2.05) is 19.1 Å². The highest BCUT2D eigenvalue weighted by Crippen LogP contribution is 2.22. The van der Waals surface area contributed by atoms with Gasteiger partial charge in [0.1, 0.15) is 5.75 Å². The predicted octanol–water partition coefficient (Wildman–Crippen LogP) is 3.11. The molecule has 0 aliphatic carbocycles. The van der Waals surface area contributed by atoms with Crippen LogP contribution in [0.15, 0.2) is 24.8 Å². The van der Waals surface area contributed by atoms with Gasteiger partial charge in [-0.3, -0.25) is 0 Å². The van der Waals surface area contributed by atoms with Gasteiger partial charge in [0.25, 0.3) is 0 Å². The van der Waals surface area contributed by atoms with Crippen molar-refractivity contribution in [1.82, 2.24) is 0 Å². The molecule has 0 atom stereocenters. The van der Waals surface area contributed by atoms with Crippen LogP contribution in [0.3, 0.4) is 0 Å². The first kappa shape index (κ1) is 9.33. The maximum absolute atomic E-state index is 9.39. The Labute approximate surface area is 80.9 Å². The Bertz CT molecular complexity index is 305. The lowest BCUT2D eigenvalue weighted by Gasteiger charge is -2.04.